The van der Waals surface area contributed by atoms with E-state index >= 15 is 0 Å². The summed E-state index contributed by atoms with van der Waals surface area (Å²) in [6.45, 7) is 3.63. The van der Waals surface area contributed by atoms with Crippen molar-refractivity contribution in [3.05, 3.63) is 0 Å². The molecule has 0 saturated carbocycles. The van der Waals surface area contributed by atoms with Crippen molar-refractivity contribution in [3.63, 3.8) is 0 Å². The summed E-state index contributed by atoms with van der Waals surface area (Å²) in [4.78, 5) is 10.9. The molecule has 0 radical (unpaired) electrons. The third-order valence-corrected chi connectivity index (χ3v) is 1.64. The van der Waals surface area contributed by atoms with Gasteiger partial charge in [0.05, 0.1) is 0 Å². The number of hydrogen-bond acceptors (Lipinski definition) is 1. The van der Waals surface area contributed by atoms with Crippen LogP contribution in [0.4, 0.5) is 13.2 Å². The van der Waals surface area contributed by atoms with E-state index in [4.69, 9.17) is 0 Å². The van der Waals surface area contributed by atoms with Crippen LogP contribution in [0.15, 0.2) is 0 Å². The first-order valence-corrected chi connectivity index (χ1v) is 4.08. The average Bonchev–Trinajstić information content (AvgIpc) is 1.83. The molecular weight excluding hydrogens is 183 g/mol. The predicted octanol–water partition coefficient (Wildman–Crippen LogP) is 2.24. The van der Waals surface area contributed by atoms with Gasteiger partial charge in [0, 0.05) is 6.42 Å². The van der Waals surface area contributed by atoms with E-state index in [0.717, 1.165) is 13.8 Å². The van der Waals surface area contributed by atoms with Gasteiger partial charge in [-0.25, -0.2) is 0 Å². The quantitative estimate of drug-likeness (QED) is 0.738. The Morgan fingerprint density at radius 3 is 2.08 bits per heavy atom. The summed E-state index contributed by atoms with van der Waals surface area (Å²) in [7, 11) is 0. The second kappa shape index (κ2) is 3.98. The summed E-state index contributed by atoms with van der Waals surface area (Å²) < 4.78 is 36.7. The third kappa shape index (κ3) is 3.65. The lowest BCUT2D eigenvalue weighted by atomic mass is 10.0. The number of rotatable bonds is 3. The Kier molecular flexibility index (Phi) is 3.75. The van der Waals surface area contributed by atoms with Crippen LogP contribution in [0, 0.1) is 0 Å². The number of amides is 1. The summed E-state index contributed by atoms with van der Waals surface area (Å²) >= 11 is 0. The standard InChI is InChI=1S/C8H14F3NO/c1-4-5-6(13)12-7(2,3)8(9,10)11/h4-5H2,1-3H3,(H,12,13). The minimum Gasteiger partial charge on any atom is -0.342 e. The van der Waals surface area contributed by atoms with Gasteiger partial charge in [0.1, 0.15) is 5.54 Å². The molecule has 0 rings (SSSR count). The molecule has 0 saturated heterocycles. The van der Waals surface area contributed by atoms with E-state index in [9.17, 15) is 18.0 Å². The van der Waals surface area contributed by atoms with Gasteiger partial charge in [0.15, 0.2) is 0 Å². The van der Waals surface area contributed by atoms with Crippen molar-refractivity contribution in [2.24, 2.45) is 0 Å². The first-order chi connectivity index (χ1) is 5.70. The van der Waals surface area contributed by atoms with Crippen LogP contribution >= 0.6 is 0 Å². The number of carbonyl (C=O) groups excluding carboxylic acids is 1. The average molecular weight is 197 g/mol. The van der Waals surface area contributed by atoms with Crippen molar-refractivity contribution in [1.29, 1.82) is 0 Å². The predicted molar refractivity (Wildman–Crippen MR) is 43.2 cm³/mol. The fourth-order valence-electron chi connectivity index (χ4n) is 0.709. The van der Waals surface area contributed by atoms with Gasteiger partial charge in [-0.15, -0.1) is 0 Å². The zero-order valence-corrected chi connectivity index (χ0v) is 7.96. The maximum absolute atomic E-state index is 12.2. The molecule has 0 heterocycles. The molecule has 1 N–H and O–H groups in total. The van der Waals surface area contributed by atoms with E-state index in [0.29, 0.717) is 6.42 Å². The number of nitrogens with one attached hydrogen (secondary N) is 1. The highest BCUT2D eigenvalue weighted by atomic mass is 19.4. The summed E-state index contributed by atoms with van der Waals surface area (Å²) in [5, 5.41) is 1.93. The van der Waals surface area contributed by atoms with Gasteiger partial charge in [-0.3, -0.25) is 4.79 Å². The van der Waals surface area contributed by atoms with Gasteiger partial charge in [-0.2, -0.15) is 13.2 Å². The zero-order chi connectivity index (χ0) is 10.7. The molecule has 13 heavy (non-hydrogen) atoms. The third-order valence-electron chi connectivity index (χ3n) is 1.64. The molecule has 0 aliphatic rings. The fourth-order valence-corrected chi connectivity index (χ4v) is 0.709. The maximum Gasteiger partial charge on any atom is 0.410 e. The molecule has 1 amide bonds. The van der Waals surface area contributed by atoms with Crippen LogP contribution in [-0.4, -0.2) is 17.6 Å². The second-order valence-corrected chi connectivity index (χ2v) is 3.42. The zero-order valence-electron chi connectivity index (χ0n) is 7.96. The molecule has 78 valence electrons. The van der Waals surface area contributed by atoms with Crippen molar-refractivity contribution in [1.82, 2.24) is 5.32 Å². The first kappa shape index (κ1) is 12.3. The van der Waals surface area contributed by atoms with Crippen molar-refractivity contribution < 1.29 is 18.0 Å². The smallest absolute Gasteiger partial charge is 0.342 e. The molecule has 0 aliphatic carbocycles. The number of carbonyl (C=O) groups is 1. The number of alkyl halides is 3. The molecule has 0 aromatic heterocycles. The topological polar surface area (TPSA) is 29.1 Å². The molecule has 0 aromatic rings. The largest absolute Gasteiger partial charge is 0.410 e. The van der Waals surface area contributed by atoms with Crippen LogP contribution in [0.3, 0.4) is 0 Å². The SMILES string of the molecule is CCCC(=O)NC(C)(C)C(F)(F)F. The Morgan fingerprint density at radius 1 is 1.31 bits per heavy atom. The molecule has 5 heteroatoms. The van der Waals surface area contributed by atoms with Crippen LogP contribution in [0.5, 0.6) is 0 Å². The van der Waals surface area contributed by atoms with Crippen LogP contribution in [0.1, 0.15) is 33.6 Å². The molecule has 0 spiro atoms. The minimum absolute atomic E-state index is 0.125. The first-order valence-electron chi connectivity index (χ1n) is 4.08. The van der Waals surface area contributed by atoms with E-state index < -0.39 is 17.6 Å². The molecule has 0 bridgehead atoms. The highest BCUT2D eigenvalue weighted by Crippen LogP contribution is 2.29. The Bertz CT molecular complexity index is 186. The Labute approximate surface area is 75.5 Å². The van der Waals surface area contributed by atoms with Gasteiger partial charge >= 0.3 is 6.18 Å². The molecule has 0 aliphatic heterocycles. The van der Waals surface area contributed by atoms with Crippen LogP contribution in [0.2, 0.25) is 0 Å². The van der Waals surface area contributed by atoms with Crippen molar-refractivity contribution in [2.45, 2.75) is 45.3 Å². The molecule has 2 nitrogen and oxygen atoms in total. The molecule has 0 aromatic carbocycles. The summed E-state index contributed by atoms with van der Waals surface area (Å²) in [5.74, 6) is -0.565. The minimum atomic E-state index is -4.41. The van der Waals surface area contributed by atoms with Gasteiger partial charge in [-0.1, -0.05) is 6.92 Å². The maximum atomic E-state index is 12.2. The second-order valence-electron chi connectivity index (χ2n) is 3.42. The normalized spacial score (nSPS) is 12.8. The van der Waals surface area contributed by atoms with E-state index in [1.807, 2.05) is 5.32 Å². The summed E-state index contributed by atoms with van der Waals surface area (Å²) in [5.41, 5.74) is -2.14. The van der Waals surface area contributed by atoms with E-state index in [2.05, 4.69) is 0 Å². The molecule has 0 atom stereocenters. The number of halogens is 3. The highest BCUT2D eigenvalue weighted by Gasteiger charge is 2.48. The lowest BCUT2D eigenvalue weighted by Gasteiger charge is -2.28. The van der Waals surface area contributed by atoms with Gasteiger partial charge in [-0.05, 0) is 20.3 Å². The van der Waals surface area contributed by atoms with E-state index in [1.165, 1.54) is 0 Å². The van der Waals surface area contributed by atoms with Crippen molar-refractivity contribution >= 4 is 5.91 Å². The van der Waals surface area contributed by atoms with Crippen LogP contribution < -0.4 is 5.32 Å². The lowest BCUT2D eigenvalue weighted by molar-refractivity contribution is -0.188. The van der Waals surface area contributed by atoms with Gasteiger partial charge < -0.3 is 5.32 Å². The summed E-state index contributed by atoms with van der Waals surface area (Å²) in [6.07, 6.45) is -3.74. The van der Waals surface area contributed by atoms with Crippen LogP contribution in [-0.2, 0) is 4.79 Å². The summed E-state index contributed by atoms with van der Waals surface area (Å²) in [6, 6.07) is 0. The molecule has 0 unspecified atom stereocenters. The Balaban J connectivity index is 4.26. The Morgan fingerprint density at radius 2 is 1.77 bits per heavy atom. The molecule has 0 fully saturated rings. The van der Waals surface area contributed by atoms with Gasteiger partial charge in [0.25, 0.3) is 0 Å². The van der Waals surface area contributed by atoms with E-state index in [1.54, 1.807) is 6.92 Å². The molecular formula is C8H14F3NO. The Hall–Kier alpha value is -0.740. The van der Waals surface area contributed by atoms with Crippen molar-refractivity contribution in [3.8, 4) is 0 Å². The van der Waals surface area contributed by atoms with Gasteiger partial charge in [0.2, 0.25) is 5.91 Å². The monoisotopic (exact) mass is 197 g/mol. The fraction of sp³-hybridized carbons (Fsp3) is 0.875. The van der Waals surface area contributed by atoms with Crippen LogP contribution in [0.25, 0.3) is 0 Å². The van der Waals surface area contributed by atoms with Crippen molar-refractivity contribution in [2.75, 3.05) is 0 Å². The van der Waals surface area contributed by atoms with E-state index in [-0.39, 0.29) is 6.42 Å². The highest BCUT2D eigenvalue weighted by molar-refractivity contribution is 5.76. The number of hydrogen-bond donors (Lipinski definition) is 1. The lowest BCUT2D eigenvalue weighted by Crippen LogP contribution is -2.54.